The summed E-state index contributed by atoms with van der Waals surface area (Å²) < 4.78 is 2.14. The Kier molecular flexibility index (Phi) is 7.29. The van der Waals surface area contributed by atoms with E-state index >= 15 is 0 Å². The molecular formula is C16H31N5. The zero-order chi connectivity index (χ0) is 15.8. The normalized spacial score (nSPS) is 13.6. The van der Waals surface area contributed by atoms with Gasteiger partial charge in [-0.15, -0.1) is 0 Å². The van der Waals surface area contributed by atoms with Crippen LogP contribution in [0, 0.1) is 0 Å². The van der Waals surface area contributed by atoms with Crippen molar-refractivity contribution in [3.8, 4) is 0 Å². The van der Waals surface area contributed by atoms with Crippen LogP contribution >= 0.6 is 0 Å². The van der Waals surface area contributed by atoms with Gasteiger partial charge in [0.2, 0.25) is 0 Å². The average molecular weight is 293 g/mol. The maximum absolute atomic E-state index is 4.38. The monoisotopic (exact) mass is 293 g/mol. The van der Waals surface area contributed by atoms with E-state index < -0.39 is 0 Å². The molecule has 1 atom stereocenters. The maximum atomic E-state index is 4.38. The highest BCUT2D eigenvalue weighted by Crippen LogP contribution is 2.04. The van der Waals surface area contributed by atoms with Crippen molar-refractivity contribution >= 4 is 5.96 Å². The molecule has 0 aliphatic heterocycles. The lowest BCUT2D eigenvalue weighted by molar-refractivity contribution is 0.230. The number of nitrogens with one attached hydrogen (secondary N) is 1. The fraction of sp³-hybridized carbons (Fsp3) is 0.688. The molecule has 0 aliphatic rings. The first-order valence-corrected chi connectivity index (χ1v) is 7.79. The number of nitrogens with zero attached hydrogens (tertiary/aromatic N) is 4. The number of hydrogen-bond donors (Lipinski definition) is 1. The quantitative estimate of drug-likeness (QED) is 0.615. The van der Waals surface area contributed by atoms with Gasteiger partial charge in [-0.05, 0) is 32.1 Å². The molecule has 1 rings (SSSR count). The van der Waals surface area contributed by atoms with Crippen LogP contribution in [0.25, 0.3) is 0 Å². The Balaban J connectivity index is 2.53. The third-order valence-electron chi connectivity index (χ3n) is 4.02. The molecule has 0 radical (unpaired) electrons. The Morgan fingerprint density at radius 2 is 2.05 bits per heavy atom. The summed E-state index contributed by atoms with van der Waals surface area (Å²) in [5, 5.41) is 3.47. The van der Waals surface area contributed by atoms with Gasteiger partial charge in [0.05, 0.1) is 6.54 Å². The Labute approximate surface area is 129 Å². The van der Waals surface area contributed by atoms with Gasteiger partial charge in [0, 0.05) is 45.6 Å². The number of aryl methyl sites for hydroxylation is 1. The van der Waals surface area contributed by atoms with Crippen LogP contribution in [0.15, 0.2) is 23.3 Å². The molecule has 0 bridgehead atoms. The van der Waals surface area contributed by atoms with Crippen molar-refractivity contribution in [2.75, 3.05) is 33.7 Å². The zero-order valence-corrected chi connectivity index (χ0v) is 14.4. The number of guanidine groups is 1. The summed E-state index contributed by atoms with van der Waals surface area (Å²) in [6, 6.07) is 4.71. The van der Waals surface area contributed by atoms with Crippen molar-refractivity contribution in [3.63, 3.8) is 0 Å². The second-order valence-corrected chi connectivity index (χ2v) is 5.46. The molecule has 1 aromatic heterocycles. The number of rotatable bonds is 7. The molecule has 0 fully saturated rings. The first-order valence-electron chi connectivity index (χ1n) is 7.79. The molecule has 1 aromatic rings. The molecular weight excluding hydrogens is 262 g/mol. The van der Waals surface area contributed by atoms with E-state index in [1.807, 2.05) is 7.05 Å². The Morgan fingerprint density at radius 3 is 2.52 bits per heavy atom. The van der Waals surface area contributed by atoms with E-state index in [-0.39, 0.29) is 0 Å². The van der Waals surface area contributed by atoms with Crippen LogP contribution in [-0.2, 0) is 13.6 Å². The molecule has 0 spiro atoms. The first-order chi connectivity index (χ1) is 10.0. The van der Waals surface area contributed by atoms with E-state index in [9.17, 15) is 0 Å². The molecule has 0 aliphatic carbocycles. The van der Waals surface area contributed by atoms with E-state index in [4.69, 9.17) is 0 Å². The maximum Gasteiger partial charge on any atom is 0.193 e. The van der Waals surface area contributed by atoms with Crippen molar-refractivity contribution < 1.29 is 0 Å². The van der Waals surface area contributed by atoms with Gasteiger partial charge >= 0.3 is 0 Å². The van der Waals surface area contributed by atoms with Crippen molar-refractivity contribution in [2.45, 2.75) is 33.4 Å². The minimum atomic E-state index is 0.500. The van der Waals surface area contributed by atoms with Crippen molar-refractivity contribution in [1.82, 2.24) is 19.7 Å². The smallest absolute Gasteiger partial charge is 0.193 e. The van der Waals surface area contributed by atoms with Crippen LogP contribution in [0.3, 0.4) is 0 Å². The minimum Gasteiger partial charge on any atom is -0.355 e. The molecule has 5 nitrogen and oxygen atoms in total. The fourth-order valence-corrected chi connectivity index (χ4v) is 2.58. The summed E-state index contributed by atoms with van der Waals surface area (Å²) in [6.07, 6.45) is 2.07. The predicted octanol–water partition coefficient (Wildman–Crippen LogP) is 1.76. The van der Waals surface area contributed by atoms with Gasteiger partial charge in [-0.2, -0.15) is 0 Å². The summed E-state index contributed by atoms with van der Waals surface area (Å²) >= 11 is 0. The molecule has 5 heteroatoms. The number of hydrogen-bond acceptors (Lipinski definition) is 2. The van der Waals surface area contributed by atoms with Gasteiger partial charge in [0.1, 0.15) is 0 Å². The molecule has 1 unspecified atom stereocenters. The van der Waals surface area contributed by atoms with Gasteiger partial charge in [-0.3, -0.25) is 9.89 Å². The SMILES string of the molecule is CCN(CC)C(C)CNC(=NC)N(C)Cc1cccn1C. The molecule has 1 heterocycles. The number of aliphatic imine (C=N–C) groups is 1. The molecule has 21 heavy (non-hydrogen) atoms. The Morgan fingerprint density at radius 1 is 1.38 bits per heavy atom. The summed E-state index contributed by atoms with van der Waals surface area (Å²) in [5.41, 5.74) is 1.28. The zero-order valence-electron chi connectivity index (χ0n) is 14.4. The highest BCUT2D eigenvalue weighted by molar-refractivity contribution is 5.79. The van der Waals surface area contributed by atoms with Gasteiger partial charge < -0.3 is 14.8 Å². The lowest BCUT2D eigenvalue weighted by atomic mass is 10.3. The molecule has 0 saturated heterocycles. The molecule has 120 valence electrons. The first kappa shape index (κ1) is 17.6. The largest absolute Gasteiger partial charge is 0.355 e. The number of aromatic nitrogens is 1. The van der Waals surface area contributed by atoms with Crippen LogP contribution in [0.1, 0.15) is 26.5 Å². The van der Waals surface area contributed by atoms with Crippen LogP contribution in [0.5, 0.6) is 0 Å². The molecule has 1 N–H and O–H groups in total. The third-order valence-corrected chi connectivity index (χ3v) is 4.02. The van der Waals surface area contributed by atoms with E-state index in [0.29, 0.717) is 6.04 Å². The van der Waals surface area contributed by atoms with Crippen LogP contribution in [0.4, 0.5) is 0 Å². The third kappa shape index (κ3) is 5.08. The molecule has 0 aromatic carbocycles. The highest BCUT2D eigenvalue weighted by Gasteiger charge is 2.13. The van der Waals surface area contributed by atoms with E-state index in [2.05, 4.69) is 77.9 Å². The minimum absolute atomic E-state index is 0.500. The van der Waals surface area contributed by atoms with E-state index in [1.54, 1.807) is 0 Å². The van der Waals surface area contributed by atoms with Crippen molar-refractivity contribution in [1.29, 1.82) is 0 Å². The molecule has 0 saturated carbocycles. The summed E-state index contributed by atoms with van der Waals surface area (Å²) in [7, 11) is 5.98. The van der Waals surface area contributed by atoms with Gasteiger partial charge in [0.25, 0.3) is 0 Å². The average Bonchev–Trinajstić information content (AvgIpc) is 2.86. The van der Waals surface area contributed by atoms with Crippen LogP contribution < -0.4 is 5.32 Å². The van der Waals surface area contributed by atoms with E-state index in [1.165, 1.54) is 5.69 Å². The topological polar surface area (TPSA) is 35.8 Å². The summed E-state index contributed by atoms with van der Waals surface area (Å²) in [5.74, 6) is 0.940. The number of likely N-dealkylation sites (N-methyl/N-ethyl adjacent to an activating group) is 1. The van der Waals surface area contributed by atoms with Gasteiger partial charge in [-0.1, -0.05) is 13.8 Å². The lowest BCUT2D eigenvalue weighted by Crippen LogP contribution is -2.46. The van der Waals surface area contributed by atoms with Gasteiger partial charge in [0.15, 0.2) is 5.96 Å². The second-order valence-electron chi connectivity index (χ2n) is 5.46. The van der Waals surface area contributed by atoms with Crippen molar-refractivity contribution in [2.24, 2.45) is 12.0 Å². The van der Waals surface area contributed by atoms with Crippen LogP contribution in [0.2, 0.25) is 0 Å². The summed E-state index contributed by atoms with van der Waals surface area (Å²) in [6.45, 7) is 10.6. The Bertz CT molecular complexity index is 434. The predicted molar refractivity (Wildman–Crippen MR) is 90.6 cm³/mol. The van der Waals surface area contributed by atoms with Gasteiger partial charge in [-0.25, -0.2) is 0 Å². The second kappa shape index (κ2) is 8.72. The van der Waals surface area contributed by atoms with Crippen LogP contribution in [-0.4, -0.2) is 60.1 Å². The fourth-order valence-electron chi connectivity index (χ4n) is 2.58. The lowest BCUT2D eigenvalue weighted by Gasteiger charge is -2.29. The summed E-state index contributed by atoms with van der Waals surface area (Å²) in [4.78, 5) is 8.98. The highest BCUT2D eigenvalue weighted by atomic mass is 15.3. The Hall–Kier alpha value is -1.49. The molecule has 0 amide bonds. The van der Waals surface area contributed by atoms with Crippen molar-refractivity contribution in [3.05, 3.63) is 24.0 Å². The van der Waals surface area contributed by atoms with E-state index in [0.717, 1.165) is 32.1 Å². The standard InChI is InChI=1S/C16H31N5/c1-7-21(8-2)14(3)12-18-16(17-4)20(6)13-15-10-9-11-19(15)5/h9-11,14H,7-8,12-13H2,1-6H3,(H,17,18).